The first-order chi connectivity index (χ1) is 26.8. The number of hydrogen-bond donors (Lipinski definition) is 4. The number of likely N-dealkylation sites (N-methyl/N-ethyl adjacent to an activating group) is 1. The lowest BCUT2D eigenvalue weighted by Crippen LogP contribution is -2.63. The Morgan fingerprint density at radius 2 is 1.54 bits per heavy atom. The standard InChI is InChI=1S/C42H69NO14/c1-12-32-29(21-53-42-40(52-11)39(51-10)36(49)27(7)55-42)18-22(2)16-17-30(45)23(3)19-28(15-13-14-24(4)44)38(25(5)31(46)20-33(47)56-32)57-41-37(50)34(43(8)9)35(48)26(6)54-41/h13-14,16-18,23,25-29,31-32,34-42,46,48-50H,12,15,19-21H2,1-11H3/b14-13+,17-16+,22-18+/t23-,25+,26+,27-,28+,29-,31-,32-,34-,35+,36-,37+,38-,39-,40-,41-,42-/m1/s1. The molecule has 0 unspecified atom stereocenters. The lowest BCUT2D eigenvalue weighted by atomic mass is 9.79. The van der Waals surface area contributed by atoms with Gasteiger partial charge in [0.1, 0.15) is 30.5 Å². The summed E-state index contributed by atoms with van der Waals surface area (Å²) in [5, 5.41) is 44.6. The molecule has 0 aromatic carbocycles. The number of esters is 1. The van der Waals surface area contributed by atoms with Crippen LogP contribution >= 0.6 is 0 Å². The van der Waals surface area contributed by atoms with Crippen LogP contribution in [0.1, 0.15) is 74.1 Å². The maximum absolute atomic E-state index is 13.7. The van der Waals surface area contributed by atoms with Gasteiger partial charge in [-0.15, -0.1) is 0 Å². The van der Waals surface area contributed by atoms with Gasteiger partial charge < -0.3 is 58.5 Å². The lowest BCUT2D eigenvalue weighted by Gasteiger charge is -2.46. The van der Waals surface area contributed by atoms with Crippen molar-refractivity contribution < 1.29 is 68.0 Å². The molecule has 4 N–H and O–H groups in total. The van der Waals surface area contributed by atoms with E-state index in [-0.39, 0.29) is 31.0 Å². The van der Waals surface area contributed by atoms with Crippen molar-refractivity contribution in [2.45, 2.75) is 154 Å². The van der Waals surface area contributed by atoms with Crippen LogP contribution in [0.3, 0.4) is 0 Å². The number of methoxy groups -OCH3 is 2. The van der Waals surface area contributed by atoms with E-state index in [9.17, 15) is 34.8 Å². The van der Waals surface area contributed by atoms with Crippen molar-refractivity contribution in [2.24, 2.45) is 23.7 Å². The molecule has 0 bridgehead atoms. The van der Waals surface area contributed by atoms with Crippen LogP contribution in [0.2, 0.25) is 0 Å². The summed E-state index contributed by atoms with van der Waals surface area (Å²) in [5.74, 6) is -3.30. The second kappa shape index (κ2) is 22.8. The number of carbonyl (C=O) groups is 3. The quantitative estimate of drug-likeness (QED) is 0.166. The van der Waals surface area contributed by atoms with Crippen LogP contribution in [-0.4, -0.2) is 157 Å². The summed E-state index contributed by atoms with van der Waals surface area (Å²) < 4.78 is 42.0. The second-order valence-electron chi connectivity index (χ2n) is 16.2. The third kappa shape index (κ3) is 13.3. The second-order valence-corrected chi connectivity index (χ2v) is 16.2. The summed E-state index contributed by atoms with van der Waals surface area (Å²) in [7, 11) is 6.40. The highest BCUT2D eigenvalue weighted by atomic mass is 16.7. The van der Waals surface area contributed by atoms with E-state index in [2.05, 4.69) is 0 Å². The highest BCUT2D eigenvalue weighted by Gasteiger charge is 2.48. The van der Waals surface area contributed by atoms with Crippen molar-refractivity contribution in [3.05, 3.63) is 36.0 Å². The Balaban J connectivity index is 2.01. The van der Waals surface area contributed by atoms with E-state index < -0.39 is 116 Å². The van der Waals surface area contributed by atoms with Crippen LogP contribution in [0.4, 0.5) is 0 Å². The Hall–Kier alpha value is -2.41. The zero-order valence-electron chi connectivity index (χ0n) is 35.6. The van der Waals surface area contributed by atoms with Crippen LogP contribution in [0.15, 0.2) is 36.0 Å². The van der Waals surface area contributed by atoms with E-state index in [1.54, 1.807) is 58.8 Å². The fourth-order valence-corrected chi connectivity index (χ4v) is 8.04. The molecule has 17 atom stereocenters. The molecule has 0 aromatic heterocycles. The number of ether oxygens (including phenoxy) is 7. The number of allylic oxidation sites excluding steroid dienone is 5. The van der Waals surface area contributed by atoms with Crippen LogP contribution < -0.4 is 0 Å². The fourth-order valence-electron chi connectivity index (χ4n) is 8.04. The van der Waals surface area contributed by atoms with Crippen molar-refractivity contribution in [2.75, 3.05) is 34.9 Å². The predicted molar refractivity (Wildman–Crippen MR) is 210 cm³/mol. The molecule has 0 aromatic rings. The molecule has 0 spiro atoms. The number of hydrogen-bond acceptors (Lipinski definition) is 15. The molecule has 326 valence electrons. The first-order valence-corrected chi connectivity index (χ1v) is 20.1. The van der Waals surface area contributed by atoms with Crippen molar-refractivity contribution in [3.8, 4) is 0 Å². The minimum absolute atomic E-state index is 0.0141. The number of cyclic esters (lactones) is 1. The monoisotopic (exact) mass is 811 g/mol. The van der Waals surface area contributed by atoms with E-state index in [4.69, 9.17) is 33.2 Å². The van der Waals surface area contributed by atoms with Gasteiger partial charge in [0.15, 0.2) is 24.1 Å². The maximum atomic E-state index is 13.7. The summed E-state index contributed by atoms with van der Waals surface area (Å²) in [6.45, 7) is 12.0. The average molecular weight is 812 g/mol. The predicted octanol–water partition coefficient (Wildman–Crippen LogP) is 2.51. The molecule has 0 aliphatic carbocycles. The maximum Gasteiger partial charge on any atom is 0.308 e. The van der Waals surface area contributed by atoms with E-state index in [1.165, 1.54) is 33.3 Å². The topological polar surface area (TPSA) is 200 Å². The molecule has 15 heteroatoms. The molecule has 3 heterocycles. The minimum atomic E-state index is -1.30. The van der Waals surface area contributed by atoms with Crippen molar-refractivity contribution >= 4 is 17.5 Å². The number of nitrogens with zero attached hydrogens (tertiary/aromatic N) is 1. The SMILES string of the molecule is CC[C@H]1OC(=O)C[C@@H](O)[C@H](C)[C@@H](O[C@H]2O[C@@H](C)[C@H](O)[C@@H](N(C)C)[C@@H]2O)[C@@H](C/C=C/C(C)=O)C[C@@H](C)C(=O)/C=C/C(C)=C/[C@@H]1CO[C@@H]1O[C@H](C)[C@@H](O)[C@@H](OC)[C@H]1OC. The van der Waals surface area contributed by atoms with Crippen LogP contribution in [-0.2, 0) is 47.5 Å². The van der Waals surface area contributed by atoms with Gasteiger partial charge in [0, 0.05) is 32.0 Å². The fraction of sp³-hybridized carbons (Fsp3) is 0.786. The molecule has 3 rings (SSSR count). The largest absolute Gasteiger partial charge is 0.462 e. The van der Waals surface area contributed by atoms with E-state index in [1.807, 2.05) is 19.9 Å². The summed E-state index contributed by atoms with van der Waals surface area (Å²) in [5.41, 5.74) is 0.711. The summed E-state index contributed by atoms with van der Waals surface area (Å²) in [6, 6.07) is -0.734. The molecular formula is C42H69NO14. The Labute approximate surface area is 338 Å². The van der Waals surface area contributed by atoms with Gasteiger partial charge in [0.2, 0.25) is 0 Å². The number of carbonyl (C=O) groups excluding carboxylic acids is 3. The van der Waals surface area contributed by atoms with Gasteiger partial charge in [-0.2, -0.15) is 0 Å². The Morgan fingerprint density at radius 3 is 2.14 bits per heavy atom. The van der Waals surface area contributed by atoms with Crippen molar-refractivity contribution in [1.29, 1.82) is 0 Å². The molecule has 0 saturated carbocycles. The van der Waals surface area contributed by atoms with Crippen molar-refractivity contribution in [1.82, 2.24) is 4.90 Å². The average Bonchev–Trinajstić information content (AvgIpc) is 3.15. The van der Waals surface area contributed by atoms with Crippen LogP contribution in [0.5, 0.6) is 0 Å². The zero-order valence-corrected chi connectivity index (χ0v) is 35.6. The lowest BCUT2D eigenvalue weighted by molar-refractivity contribution is -0.304. The van der Waals surface area contributed by atoms with Gasteiger partial charge in [-0.1, -0.05) is 44.6 Å². The molecule has 0 amide bonds. The molecule has 15 nitrogen and oxygen atoms in total. The molecule has 2 fully saturated rings. The van der Waals surface area contributed by atoms with E-state index in [0.29, 0.717) is 12.0 Å². The highest BCUT2D eigenvalue weighted by Crippen LogP contribution is 2.35. The van der Waals surface area contributed by atoms with Gasteiger partial charge in [-0.05, 0) is 79.1 Å². The van der Waals surface area contributed by atoms with Gasteiger partial charge in [0.05, 0.1) is 49.6 Å². The first-order valence-electron chi connectivity index (χ1n) is 20.1. The van der Waals surface area contributed by atoms with Gasteiger partial charge in [-0.3, -0.25) is 14.4 Å². The smallest absolute Gasteiger partial charge is 0.308 e. The summed E-state index contributed by atoms with van der Waals surface area (Å²) in [4.78, 5) is 41.0. The molecule has 2 saturated heterocycles. The van der Waals surface area contributed by atoms with Gasteiger partial charge in [-0.25, -0.2) is 0 Å². The van der Waals surface area contributed by atoms with E-state index >= 15 is 0 Å². The van der Waals surface area contributed by atoms with Crippen LogP contribution in [0, 0.1) is 23.7 Å². The Bertz CT molecular complexity index is 1390. The highest BCUT2D eigenvalue weighted by molar-refractivity contribution is 5.91. The van der Waals surface area contributed by atoms with E-state index in [0.717, 1.165) is 0 Å². The molecule has 3 aliphatic heterocycles. The summed E-state index contributed by atoms with van der Waals surface area (Å²) in [6.07, 6.45) is -2.37. The van der Waals surface area contributed by atoms with Gasteiger partial charge in [0.25, 0.3) is 0 Å². The molecule has 3 aliphatic rings. The molecular weight excluding hydrogens is 742 g/mol. The molecule has 57 heavy (non-hydrogen) atoms. The third-order valence-electron chi connectivity index (χ3n) is 11.5. The van der Waals surface area contributed by atoms with Gasteiger partial charge >= 0.3 is 5.97 Å². The zero-order chi connectivity index (χ0) is 42.7. The number of aliphatic hydroxyl groups is 4. The number of rotatable bonds is 12. The van der Waals surface area contributed by atoms with Crippen molar-refractivity contribution in [3.63, 3.8) is 0 Å². The number of aliphatic hydroxyl groups excluding tert-OH is 4. The number of ketones is 2. The Kier molecular flexibility index (Phi) is 19.6. The van der Waals surface area contributed by atoms with Crippen LogP contribution in [0.25, 0.3) is 0 Å². The minimum Gasteiger partial charge on any atom is -0.462 e. The first kappa shape index (κ1) is 49.0. The third-order valence-corrected chi connectivity index (χ3v) is 11.5. The normalized spacial score (nSPS) is 42.1. The summed E-state index contributed by atoms with van der Waals surface area (Å²) >= 11 is 0. The molecule has 0 radical (unpaired) electrons. The Morgan fingerprint density at radius 1 is 0.912 bits per heavy atom.